The number of hydrogen-bond donors (Lipinski definition) is 0. The predicted octanol–water partition coefficient (Wildman–Crippen LogP) is 2.37. The molecule has 1 heterocycles. The van der Waals surface area contributed by atoms with Crippen molar-refractivity contribution in [2.75, 3.05) is 0 Å². The molecule has 0 bridgehead atoms. The SMILES string of the molecule is Cn1cc(Cl)c(C(C)(C)C)n1. The van der Waals surface area contributed by atoms with Gasteiger partial charge in [-0.15, -0.1) is 0 Å². The van der Waals surface area contributed by atoms with Gasteiger partial charge < -0.3 is 0 Å². The van der Waals surface area contributed by atoms with Gasteiger partial charge in [-0.05, 0) is 0 Å². The first kappa shape index (κ1) is 8.60. The highest BCUT2D eigenvalue weighted by molar-refractivity contribution is 6.31. The van der Waals surface area contributed by atoms with Crippen molar-refractivity contribution in [2.24, 2.45) is 7.05 Å². The second-order valence-electron chi connectivity index (χ2n) is 3.75. The molecule has 3 heteroatoms. The van der Waals surface area contributed by atoms with Crippen molar-refractivity contribution in [3.63, 3.8) is 0 Å². The Kier molecular flexibility index (Phi) is 1.97. The van der Waals surface area contributed by atoms with Gasteiger partial charge in [0.15, 0.2) is 0 Å². The molecule has 0 saturated carbocycles. The Hall–Kier alpha value is -0.500. The van der Waals surface area contributed by atoms with Crippen LogP contribution in [0.1, 0.15) is 26.5 Å². The lowest BCUT2D eigenvalue weighted by atomic mass is 9.93. The topological polar surface area (TPSA) is 17.8 Å². The van der Waals surface area contributed by atoms with Gasteiger partial charge in [-0.25, -0.2) is 0 Å². The minimum absolute atomic E-state index is 0.0400. The zero-order chi connectivity index (χ0) is 8.65. The lowest BCUT2D eigenvalue weighted by molar-refractivity contribution is 0.553. The minimum Gasteiger partial charge on any atom is -0.274 e. The van der Waals surface area contributed by atoms with Crippen molar-refractivity contribution in [1.29, 1.82) is 0 Å². The van der Waals surface area contributed by atoms with Crippen molar-refractivity contribution >= 4 is 11.6 Å². The molecule has 0 aromatic carbocycles. The Morgan fingerprint density at radius 3 is 2.18 bits per heavy atom. The summed E-state index contributed by atoms with van der Waals surface area (Å²) in [5, 5.41) is 5.02. The number of nitrogens with zero attached hydrogens (tertiary/aromatic N) is 2. The molecular weight excluding hydrogens is 160 g/mol. The molecule has 0 unspecified atom stereocenters. The third-order valence-corrected chi connectivity index (χ3v) is 1.77. The Balaban J connectivity index is 3.13. The van der Waals surface area contributed by atoms with Gasteiger partial charge in [-0.2, -0.15) is 5.10 Å². The average molecular weight is 173 g/mol. The number of aromatic nitrogens is 2. The smallest absolute Gasteiger partial charge is 0.0863 e. The molecule has 0 radical (unpaired) electrons. The molecule has 0 aliphatic rings. The van der Waals surface area contributed by atoms with Crippen LogP contribution in [-0.2, 0) is 12.5 Å². The van der Waals surface area contributed by atoms with E-state index in [-0.39, 0.29) is 5.41 Å². The fraction of sp³-hybridized carbons (Fsp3) is 0.625. The van der Waals surface area contributed by atoms with Crippen LogP contribution < -0.4 is 0 Å². The maximum absolute atomic E-state index is 5.95. The summed E-state index contributed by atoms with van der Waals surface area (Å²) in [4.78, 5) is 0. The van der Waals surface area contributed by atoms with Crippen LogP contribution in [0.15, 0.2) is 6.20 Å². The van der Waals surface area contributed by atoms with E-state index in [4.69, 9.17) is 11.6 Å². The molecule has 1 aromatic heterocycles. The molecule has 2 nitrogen and oxygen atoms in total. The first-order valence-corrected chi connectivity index (χ1v) is 3.98. The fourth-order valence-electron chi connectivity index (χ4n) is 0.968. The quantitative estimate of drug-likeness (QED) is 0.588. The molecule has 0 aliphatic heterocycles. The van der Waals surface area contributed by atoms with E-state index in [0.29, 0.717) is 0 Å². The molecule has 1 aromatic rings. The molecule has 0 spiro atoms. The molecular formula is C8H13ClN2. The van der Waals surface area contributed by atoms with Crippen LogP contribution in [0.2, 0.25) is 5.02 Å². The van der Waals surface area contributed by atoms with E-state index in [1.165, 1.54) is 0 Å². The van der Waals surface area contributed by atoms with E-state index in [9.17, 15) is 0 Å². The second-order valence-corrected chi connectivity index (χ2v) is 4.16. The van der Waals surface area contributed by atoms with E-state index in [0.717, 1.165) is 10.7 Å². The van der Waals surface area contributed by atoms with Crippen molar-refractivity contribution in [2.45, 2.75) is 26.2 Å². The van der Waals surface area contributed by atoms with Crippen LogP contribution in [0, 0.1) is 0 Å². The van der Waals surface area contributed by atoms with E-state index in [2.05, 4.69) is 25.9 Å². The molecule has 0 amide bonds. The van der Waals surface area contributed by atoms with Crippen molar-refractivity contribution < 1.29 is 0 Å². The van der Waals surface area contributed by atoms with Crippen LogP contribution in [0.5, 0.6) is 0 Å². The zero-order valence-corrected chi connectivity index (χ0v) is 8.11. The van der Waals surface area contributed by atoms with E-state index in [1.807, 2.05) is 13.2 Å². The lowest BCUT2D eigenvalue weighted by Gasteiger charge is -2.14. The standard InChI is InChI=1S/C8H13ClN2/c1-8(2,3)7-6(9)5-11(4)10-7/h5H,1-4H3. The maximum Gasteiger partial charge on any atom is 0.0863 e. The lowest BCUT2D eigenvalue weighted by Crippen LogP contribution is -2.12. The molecule has 0 atom stereocenters. The summed E-state index contributed by atoms with van der Waals surface area (Å²) in [5.74, 6) is 0. The molecule has 11 heavy (non-hydrogen) atoms. The minimum atomic E-state index is 0.0400. The van der Waals surface area contributed by atoms with E-state index in [1.54, 1.807) is 4.68 Å². The summed E-state index contributed by atoms with van der Waals surface area (Å²) in [7, 11) is 1.88. The van der Waals surface area contributed by atoms with Crippen LogP contribution in [0.3, 0.4) is 0 Å². The monoisotopic (exact) mass is 172 g/mol. The van der Waals surface area contributed by atoms with Crippen molar-refractivity contribution in [1.82, 2.24) is 9.78 Å². The molecule has 0 fully saturated rings. The van der Waals surface area contributed by atoms with Crippen LogP contribution in [0.25, 0.3) is 0 Å². The number of aryl methyl sites for hydroxylation is 1. The third kappa shape index (κ3) is 1.74. The zero-order valence-electron chi connectivity index (χ0n) is 7.35. The summed E-state index contributed by atoms with van der Waals surface area (Å²) in [6.07, 6.45) is 1.82. The van der Waals surface area contributed by atoms with Gasteiger partial charge in [0, 0.05) is 18.7 Å². The first-order chi connectivity index (χ1) is 4.91. The largest absolute Gasteiger partial charge is 0.274 e. The predicted molar refractivity (Wildman–Crippen MR) is 46.9 cm³/mol. The summed E-state index contributed by atoms with van der Waals surface area (Å²) < 4.78 is 1.74. The van der Waals surface area contributed by atoms with Gasteiger partial charge in [0.2, 0.25) is 0 Å². The van der Waals surface area contributed by atoms with E-state index >= 15 is 0 Å². The highest BCUT2D eigenvalue weighted by Crippen LogP contribution is 2.26. The van der Waals surface area contributed by atoms with E-state index < -0.39 is 0 Å². The third-order valence-electron chi connectivity index (χ3n) is 1.49. The number of halogens is 1. The maximum atomic E-state index is 5.95. The molecule has 0 N–H and O–H groups in total. The highest BCUT2D eigenvalue weighted by atomic mass is 35.5. The van der Waals surface area contributed by atoms with Gasteiger partial charge in [-0.1, -0.05) is 32.4 Å². The summed E-state index contributed by atoms with van der Waals surface area (Å²) in [5.41, 5.74) is 1.000. The van der Waals surface area contributed by atoms with Crippen LogP contribution in [-0.4, -0.2) is 9.78 Å². The summed E-state index contributed by atoms with van der Waals surface area (Å²) in [6, 6.07) is 0. The Morgan fingerprint density at radius 1 is 1.45 bits per heavy atom. The van der Waals surface area contributed by atoms with Gasteiger partial charge in [0.25, 0.3) is 0 Å². The second kappa shape index (κ2) is 2.52. The average Bonchev–Trinajstić information content (AvgIpc) is 2.08. The Morgan fingerprint density at radius 2 is 2.00 bits per heavy atom. The summed E-state index contributed by atoms with van der Waals surface area (Å²) >= 11 is 5.95. The van der Waals surface area contributed by atoms with Gasteiger partial charge >= 0.3 is 0 Å². The van der Waals surface area contributed by atoms with Crippen LogP contribution in [0.4, 0.5) is 0 Å². The van der Waals surface area contributed by atoms with Gasteiger partial charge in [-0.3, -0.25) is 4.68 Å². The Bertz CT molecular complexity index is 258. The highest BCUT2D eigenvalue weighted by Gasteiger charge is 2.20. The van der Waals surface area contributed by atoms with Gasteiger partial charge in [0.1, 0.15) is 0 Å². The number of hydrogen-bond acceptors (Lipinski definition) is 1. The van der Waals surface area contributed by atoms with Crippen molar-refractivity contribution in [3.05, 3.63) is 16.9 Å². The fourth-order valence-corrected chi connectivity index (χ4v) is 1.43. The first-order valence-electron chi connectivity index (χ1n) is 3.61. The normalized spacial score (nSPS) is 12.1. The number of rotatable bonds is 0. The molecule has 0 aliphatic carbocycles. The molecule has 0 saturated heterocycles. The van der Waals surface area contributed by atoms with Crippen molar-refractivity contribution in [3.8, 4) is 0 Å². The summed E-state index contributed by atoms with van der Waals surface area (Å²) in [6.45, 7) is 6.30. The molecule has 62 valence electrons. The van der Waals surface area contributed by atoms with Crippen LogP contribution >= 0.6 is 11.6 Å². The Labute approximate surface area is 72.2 Å². The van der Waals surface area contributed by atoms with Gasteiger partial charge in [0.05, 0.1) is 10.7 Å². The molecule has 1 rings (SSSR count).